The molecule has 1 heterocycles. The summed E-state index contributed by atoms with van der Waals surface area (Å²) in [5.74, 6) is -2.26. The molecule has 0 N–H and O–H groups in total. The lowest BCUT2D eigenvalue weighted by molar-refractivity contribution is 0.0725. The second-order valence-electron chi connectivity index (χ2n) is 4.67. The molecule has 2 rings (SSSR count). The molecule has 104 valence electrons. The largest absolute Gasteiger partial charge is 0.381 e. The maximum Gasteiger partial charge on any atom is 0.256 e. The average molecular weight is 269 g/mol. The van der Waals surface area contributed by atoms with Gasteiger partial charge in [0.05, 0.1) is 12.2 Å². The van der Waals surface area contributed by atoms with Gasteiger partial charge in [-0.05, 0) is 25.5 Å². The Hall–Kier alpha value is -1.49. The average Bonchev–Trinajstić information content (AvgIpc) is 2.91. The van der Waals surface area contributed by atoms with E-state index in [0.29, 0.717) is 26.3 Å². The molecule has 3 nitrogen and oxygen atoms in total. The molecule has 1 fully saturated rings. The molecule has 1 saturated heterocycles. The zero-order chi connectivity index (χ0) is 13.8. The topological polar surface area (TPSA) is 29.5 Å². The highest BCUT2D eigenvalue weighted by Crippen LogP contribution is 2.18. The smallest absolute Gasteiger partial charge is 0.256 e. The number of nitrogens with zero attached hydrogens (tertiary/aromatic N) is 1. The summed E-state index contributed by atoms with van der Waals surface area (Å²) in [6, 6.07) is 3.67. The Morgan fingerprint density at radius 1 is 1.47 bits per heavy atom. The summed E-state index contributed by atoms with van der Waals surface area (Å²) in [7, 11) is 0. The fourth-order valence-electron chi connectivity index (χ4n) is 2.23. The van der Waals surface area contributed by atoms with Gasteiger partial charge in [0.1, 0.15) is 0 Å². The van der Waals surface area contributed by atoms with Crippen LogP contribution in [0.2, 0.25) is 0 Å². The van der Waals surface area contributed by atoms with E-state index in [2.05, 4.69) is 0 Å². The van der Waals surface area contributed by atoms with Gasteiger partial charge < -0.3 is 9.64 Å². The Kier molecular flexibility index (Phi) is 4.47. The molecule has 19 heavy (non-hydrogen) atoms. The predicted molar refractivity (Wildman–Crippen MR) is 66.9 cm³/mol. The van der Waals surface area contributed by atoms with Gasteiger partial charge in [0, 0.05) is 25.6 Å². The molecule has 1 aliphatic heterocycles. The molecule has 0 spiro atoms. The van der Waals surface area contributed by atoms with E-state index in [4.69, 9.17) is 4.74 Å². The van der Waals surface area contributed by atoms with Gasteiger partial charge >= 0.3 is 0 Å². The zero-order valence-corrected chi connectivity index (χ0v) is 10.9. The molecule has 1 atom stereocenters. The lowest BCUT2D eigenvalue weighted by Gasteiger charge is -2.24. The molecule has 1 amide bonds. The molecule has 1 aromatic rings. The van der Waals surface area contributed by atoms with Crippen LogP contribution in [-0.2, 0) is 4.74 Å². The van der Waals surface area contributed by atoms with Crippen LogP contribution in [0, 0.1) is 17.6 Å². The Morgan fingerprint density at radius 2 is 2.26 bits per heavy atom. The molecular weight excluding hydrogens is 252 g/mol. The first-order chi connectivity index (χ1) is 9.13. The highest BCUT2D eigenvalue weighted by Gasteiger charge is 2.24. The summed E-state index contributed by atoms with van der Waals surface area (Å²) in [6.07, 6.45) is 0.898. The van der Waals surface area contributed by atoms with Gasteiger partial charge in [-0.15, -0.1) is 0 Å². The van der Waals surface area contributed by atoms with Gasteiger partial charge in [-0.25, -0.2) is 8.78 Å². The van der Waals surface area contributed by atoms with Crippen molar-refractivity contribution in [3.8, 4) is 0 Å². The fourth-order valence-corrected chi connectivity index (χ4v) is 2.23. The maximum absolute atomic E-state index is 13.6. The molecule has 0 aliphatic carbocycles. The van der Waals surface area contributed by atoms with E-state index in [0.717, 1.165) is 12.5 Å². The summed E-state index contributed by atoms with van der Waals surface area (Å²) in [5, 5.41) is 0. The zero-order valence-electron chi connectivity index (χ0n) is 10.9. The van der Waals surface area contributed by atoms with Crippen molar-refractivity contribution in [1.29, 1.82) is 0 Å². The first-order valence-corrected chi connectivity index (χ1v) is 6.44. The van der Waals surface area contributed by atoms with Gasteiger partial charge in [0.15, 0.2) is 11.6 Å². The highest BCUT2D eigenvalue weighted by atomic mass is 19.2. The summed E-state index contributed by atoms with van der Waals surface area (Å²) < 4.78 is 32.0. The summed E-state index contributed by atoms with van der Waals surface area (Å²) in [4.78, 5) is 13.8. The summed E-state index contributed by atoms with van der Waals surface area (Å²) >= 11 is 0. The third-order valence-electron chi connectivity index (χ3n) is 3.35. The van der Waals surface area contributed by atoms with E-state index in [1.807, 2.05) is 6.92 Å². The van der Waals surface area contributed by atoms with Crippen molar-refractivity contribution in [2.75, 3.05) is 26.3 Å². The SMILES string of the molecule is CCN(CC1CCOC1)C(=O)c1cccc(F)c1F. The number of carbonyl (C=O) groups excluding carboxylic acids is 1. The Bertz CT molecular complexity index is 459. The van der Waals surface area contributed by atoms with Crippen molar-refractivity contribution in [1.82, 2.24) is 4.90 Å². The Balaban J connectivity index is 2.13. The van der Waals surface area contributed by atoms with Gasteiger partial charge in [0.2, 0.25) is 0 Å². The van der Waals surface area contributed by atoms with Crippen molar-refractivity contribution in [3.05, 3.63) is 35.4 Å². The first-order valence-electron chi connectivity index (χ1n) is 6.44. The predicted octanol–water partition coefficient (Wildman–Crippen LogP) is 2.46. The van der Waals surface area contributed by atoms with Crippen molar-refractivity contribution in [3.63, 3.8) is 0 Å². The number of ether oxygens (including phenoxy) is 1. The van der Waals surface area contributed by atoms with E-state index < -0.39 is 17.5 Å². The number of hydrogen-bond acceptors (Lipinski definition) is 2. The van der Waals surface area contributed by atoms with E-state index in [1.165, 1.54) is 17.0 Å². The van der Waals surface area contributed by atoms with Crippen LogP contribution < -0.4 is 0 Å². The molecule has 0 aromatic heterocycles. The van der Waals surface area contributed by atoms with Crippen LogP contribution in [0.1, 0.15) is 23.7 Å². The molecular formula is C14H17F2NO2. The number of benzene rings is 1. The third-order valence-corrected chi connectivity index (χ3v) is 3.35. The fraction of sp³-hybridized carbons (Fsp3) is 0.500. The van der Waals surface area contributed by atoms with Gasteiger partial charge in [-0.1, -0.05) is 6.07 Å². The van der Waals surface area contributed by atoms with Crippen molar-refractivity contribution in [2.24, 2.45) is 5.92 Å². The van der Waals surface area contributed by atoms with E-state index in [-0.39, 0.29) is 11.5 Å². The first kappa shape index (κ1) is 13.9. The highest BCUT2D eigenvalue weighted by molar-refractivity contribution is 5.94. The minimum Gasteiger partial charge on any atom is -0.381 e. The number of carbonyl (C=O) groups is 1. The second kappa shape index (κ2) is 6.10. The Morgan fingerprint density at radius 3 is 2.89 bits per heavy atom. The normalized spacial score (nSPS) is 18.6. The minimum atomic E-state index is -1.08. The van der Waals surface area contributed by atoms with Crippen LogP contribution in [0.5, 0.6) is 0 Å². The van der Waals surface area contributed by atoms with Crippen LogP contribution in [0.15, 0.2) is 18.2 Å². The Labute approximate surface area is 111 Å². The standard InChI is InChI=1S/C14H17F2NO2/c1-2-17(8-10-6-7-19-9-10)14(18)11-4-3-5-12(15)13(11)16/h3-5,10H,2,6-9H2,1H3. The number of amides is 1. The monoisotopic (exact) mass is 269 g/mol. The molecule has 1 aliphatic rings. The van der Waals surface area contributed by atoms with Crippen LogP contribution in [0.3, 0.4) is 0 Å². The molecule has 1 aromatic carbocycles. The van der Waals surface area contributed by atoms with E-state index in [9.17, 15) is 13.6 Å². The lowest BCUT2D eigenvalue weighted by atomic mass is 10.1. The van der Waals surface area contributed by atoms with Crippen molar-refractivity contribution < 1.29 is 18.3 Å². The van der Waals surface area contributed by atoms with Crippen molar-refractivity contribution in [2.45, 2.75) is 13.3 Å². The van der Waals surface area contributed by atoms with Crippen LogP contribution in [0.25, 0.3) is 0 Å². The molecule has 0 bridgehead atoms. The van der Waals surface area contributed by atoms with Gasteiger partial charge in [-0.2, -0.15) is 0 Å². The number of hydrogen-bond donors (Lipinski definition) is 0. The minimum absolute atomic E-state index is 0.208. The maximum atomic E-state index is 13.6. The number of rotatable bonds is 4. The third kappa shape index (κ3) is 3.10. The van der Waals surface area contributed by atoms with Crippen LogP contribution in [0.4, 0.5) is 8.78 Å². The van der Waals surface area contributed by atoms with Gasteiger partial charge in [0.25, 0.3) is 5.91 Å². The van der Waals surface area contributed by atoms with E-state index >= 15 is 0 Å². The van der Waals surface area contributed by atoms with E-state index in [1.54, 1.807) is 0 Å². The molecule has 1 unspecified atom stereocenters. The van der Waals surface area contributed by atoms with Crippen molar-refractivity contribution >= 4 is 5.91 Å². The number of halogens is 2. The summed E-state index contributed by atoms with van der Waals surface area (Å²) in [5.41, 5.74) is -0.208. The van der Waals surface area contributed by atoms with Crippen LogP contribution in [-0.4, -0.2) is 37.1 Å². The molecule has 0 radical (unpaired) electrons. The van der Waals surface area contributed by atoms with Gasteiger partial charge in [-0.3, -0.25) is 4.79 Å². The van der Waals surface area contributed by atoms with Crippen LogP contribution >= 0.6 is 0 Å². The second-order valence-corrected chi connectivity index (χ2v) is 4.67. The summed E-state index contributed by atoms with van der Waals surface area (Å²) in [6.45, 7) is 4.13. The lowest BCUT2D eigenvalue weighted by Crippen LogP contribution is -2.36. The quantitative estimate of drug-likeness (QED) is 0.840. The molecule has 5 heteroatoms. The molecule has 0 saturated carbocycles.